The van der Waals surface area contributed by atoms with Gasteiger partial charge in [0.2, 0.25) is 0 Å². The first kappa shape index (κ1) is 42.7. The second kappa shape index (κ2) is 16.0. The Morgan fingerprint density at radius 2 is 0.350 bits per heavy atom. The Morgan fingerprint density at radius 1 is 0.250 bits per heavy atom. The maximum Gasteiger partial charge on any atom is 3.00 e. The summed E-state index contributed by atoms with van der Waals surface area (Å²) in [6.07, 6.45) is 21.5. The van der Waals surface area contributed by atoms with E-state index in [1.165, 1.54) is 0 Å². The SMILES string of the molecule is C[Si](C)(C)[C]1[CH][CH][C]([Si](C)(C)C)[CH]1.C[Si](C)(C)[C]1[CH][CH][C]([Si](C)(C)C)[CH]1.C[Si](C)(C)[C]1[CH][CH][C]([Si](C)(C)C)[CH]1.[Ce+3]. The maximum absolute atomic E-state index is 2.46. The zero-order valence-corrected chi connectivity index (χ0v) is 38.8. The molecule has 0 aromatic rings. The summed E-state index contributed by atoms with van der Waals surface area (Å²) < 4.78 is 0. The Labute approximate surface area is 296 Å². The summed E-state index contributed by atoms with van der Waals surface area (Å²) >= 11 is 0. The van der Waals surface area contributed by atoms with Crippen LogP contribution >= 0.6 is 0 Å². The van der Waals surface area contributed by atoms with Gasteiger partial charge in [0, 0.05) is 0 Å². The van der Waals surface area contributed by atoms with Crippen molar-refractivity contribution in [2.75, 3.05) is 0 Å². The van der Waals surface area contributed by atoms with E-state index in [2.05, 4.69) is 176 Å². The van der Waals surface area contributed by atoms with Gasteiger partial charge in [-0.1, -0.05) is 118 Å². The summed E-state index contributed by atoms with van der Waals surface area (Å²) in [6.45, 7) is 43.4. The van der Waals surface area contributed by atoms with Gasteiger partial charge in [-0.3, -0.25) is 0 Å². The first-order valence-electron chi connectivity index (χ1n) is 15.0. The van der Waals surface area contributed by atoms with E-state index in [0.717, 1.165) is 0 Å². The maximum atomic E-state index is 2.46. The molecule has 3 rings (SSSR count). The molecule has 0 saturated heterocycles. The van der Waals surface area contributed by atoms with E-state index < -0.39 is 48.4 Å². The minimum Gasteiger partial charge on any atom is -0.0691 e. The minimum absolute atomic E-state index is 0. The second-order valence-electron chi connectivity index (χ2n) is 17.7. The fourth-order valence-electron chi connectivity index (χ4n) is 4.13. The largest absolute Gasteiger partial charge is 3.00 e. The Bertz CT molecular complexity index is 567. The van der Waals surface area contributed by atoms with E-state index in [1.54, 1.807) is 33.2 Å². The molecular weight excluding hydrogens is 705 g/mol. The molecule has 16 radical (unpaired) electrons. The molecule has 3 fully saturated rings. The summed E-state index contributed by atoms with van der Waals surface area (Å²) in [7, 11) is -6.41. The van der Waals surface area contributed by atoms with Gasteiger partial charge in [0.1, 0.15) is 0 Å². The molecule has 0 unspecified atom stereocenters. The Balaban J connectivity index is 0.000000563. The molecule has 7 heteroatoms. The third kappa shape index (κ3) is 14.8. The van der Waals surface area contributed by atoms with Crippen LogP contribution in [0, 0.1) is 133 Å². The molecule has 0 nitrogen and oxygen atoms in total. The summed E-state index contributed by atoms with van der Waals surface area (Å²) in [6, 6.07) is 0. The molecule has 220 valence electrons. The zero-order valence-electron chi connectivity index (χ0n) is 29.7. The first-order valence-corrected chi connectivity index (χ1v) is 36.0. The van der Waals surface area contributed by atoms with Crippen LogP contribution < -0.4 is 0 Å². The van der Waals surface area contributed by atoms with Gasteiger partial charge in [-0.25, -0.2) is 0 Å². The predicted octanol–water partition coefficient (Wildman–Crippen LogP) is 10.5. The molecule has 0 spiro atoms. The summed E-state index contributed by atoms with van der Waals surface area (Å²) in [5.41, 5.74) is 9.69. The minimum atomic E-state index is -1.07. The molecule has 0 aromatic heterocycles. The number of rotatable bonds is 6. The second-order valence-corrected chi connectivity index (χ2v) is 48.1. The van der Waals surface area contributed by atoms with Gasteiger partial charge in [0.15, 0.2) is 0 Å². The number of hydrogen-bond donors (Lipinski definition) is 0. The van der Waals surface area contributed by atoms with Gasteiger partial charge in [-0.05, 0) is 91.0 Å². The molecule has 3 aliphatic carbocycles. The van der Waals surface area contributed by atoms with Gasteiger partial charge in [-0.2, -0.15) is 0 Å². The molecule has 0 aliphatic heterocycles. The van der Waals surface area contributed by atoms with Crippen molar-refractivity contribution in [3.05, 3.63) is 91.0 Å². The van der Waals surface area contributed by atoms with Crippen LogP contribution in [0.3, 0.4) is 0 Å². The van der Waals surface area contributed by atoms with Crippen LogP contribution in [0.4, 0.5) is 0 Å². The van der Waals surface area contributed by atoms with Gasteiger partial charge in [-0.15, -0.1) is 0 Å². The van der Waals surface area contributed by atoms with Crippen LogP contribution in [0.15, 0.2) is 0 Å². The molecule has 3 aliphatic rings. The number of hydrogen-bond acceptors (Lipinski definition) is 0. The van der Waals surface area contributed by atoms with Crippen molar-refractivity contribution in [3.63, 3.8) is 0 Å². The zero-order chi connectivity index (χ0) is 30.8. The molecule has 0 N–H and O–H groups in total. The average molecular weight is 768 g/mol. The standard InChI is InChI=1S/3C11H21Si2.Ce/c3*1-12(2,3)10-7-8-11(9-10)13(4,5)6;/h3*7-9H,1-6H3;/q;;;+3. The van der Waals surface area contributed by atoms with E-state index in [9.17, 15) is 0 Å². The molecule has 3 saturated carbocycles. The van der Waals surface area contributed by atoms with Crippen molar-refractivity contribution in [2.24, 2.45) is 0 Å². The summed E-state index contributed by atoms with van der Waals surface area (Å²) in [4.78, 5) is 0. The monoisotopic (exact) mass is 767 g/mol. The van der Waals surface area contributed by atoms with Crippen molar-refractivity contribution < 1.29 is 41.7 Å². The normalized spacial score (nSPS) is 22.1. The Hall–Kier alpha value is 2.68. The average Bonchev–Trinajstić information content (AvgIpc) is 3.45. The molecular formula is C33H63CeSi6+3. The molecule has 0 amide bonds. The van der Waals surface area contributed by atoms with Crippen LogP contribution in [-0.4, -0.2) is 48.4 Å². The fourth-order valence-corrected chi connectivity index (χ4v) is 11.6. The van der Waals surface area contributed by atoms with Crippen molar-refractivity contribution in [1.82, 2.24) is 0 Å². The van der Waals surface area contributed by atoms with E-state index in [-0.39, 0.29) is 41.7 Å². The van der Waals surface area contributed by atoms with Crippen LogP contribution in [-0.2, 0) is 0 Å². The van der Waals surface area contributed by atoms with Crippen LogP contribution in [0.25, 0.3) is 0 Å². The van der Waals surface area contributed by atoms with Crippen molar-refractivity contribution in [3.8, 4) is 0 Å². The molecule has 0 atom stereocenters. The van der Waals surface area contributed by atoms with Gasteiger partial charge in [0.05, 0.1) is 48.4 Å². The fraction of sp³-hybridized carbons (Fsp3) is 0.545. The summed E-state index contributed by atoms with van der Waals surface area (Å²) in [5, 5.41) is 0. The van der Waals surface area contributed by atoms with Gasteiger partial charge in [0.25, 0.3) is 0 Å². The smallest absolute Gasteiger partial charge is 0.0691 e. The first-order chi connectivity index (χ1) is 17.1. The van der Waals surface area contributed by atoms with Crippen LogP contribution in [0.2, 0.25) is 118 Å². The van der Waals surface area contributed by atoms with Crippen LogP contribution in [0.5, 0.6) is 0 Å². The van der Waals surface area contributed by atoms with Crippen LogP contribution in [0.1, 0.15) is 0 Å². The van der Waals surface area contributed by atoms with Crippen molar-refractivity contribution in [1.29, 1.82) is 0 Å². The van der Waals surface area contributed by atoms with Gasteiger partial charge < -0.3 is 0 Å². The predicted molar refractivity (Wildman–Crippen MR) is 198 cm³/mol. The van der Waals surface area contributed by atoms with E-state index in [0.29, 0.717) is 0 Å². The molecule has 0 aromatic carbocycles. The third-order valence-corrected chi connectivity index (χ3v) is 19.7. The van der Waals surface area contributed by atoms with Gasteiger partial charge >= 0.3 is 41.7 Å². The van der Waals surface area contributed by atoms with Crippen molar-refractivity contribution >= 4 is 48.4 Å². The quantitative estimate of drug-likeness (QED) is 0.236. The van der Waals surface area contributed by atoms with Crippen molar-refractivity contribution in [2.45, 2.75) is 118 Å². The summed E-state index contributed by atoms with van der Waals surface area (Å²) in [5.74, 6) is 0. The Kier molecular flexibility index (Phi) is 17.1. The molecule has 0 bridgehead atoms. The topological polar surface area (TPSA) is 0 Å². The van der Waals surface area contributed by atoms with E-state index in [1.807, 2.05) is 0 Å². The molecule has 40 heavy (non-hydrogen) atoms. The van der Waals surface area contributed by atoms with E-state index >= 15 is 0 Å². The third-order valence-electron chi connectivity index (χ3n) is 7.46. The Morgan fingerprint density at radius 3 is 0.400 bits per heavy atom. The van der Waals surface area contributed by atoms with E-state index in [4.69, 9.17) is 0 Å². The molecule has 0 heterocycles.